The van der Waals surface area contributed by atoms with Crippen molar-refractivity contribution in [3.05, 3.63) is 115 Å². The number of rotatable bonds is 3. The van der Waals surface area contributed by atoms with Crippen LogP contribution in [0.5, 0.6) is 5.75 Å². The predicted molar refractivity (Wildman–Crippen MR) is 149 cm³/mol. The second kappa shape index (κ2) is 9.55. The van der Waals surface area contributed by atoms with Gasteiger partial charge in [-0.05, 0) is 35.0 Å². The molecule has 0 aliphatic rings. The molecule has 5 heteroatoms. The fourth-order valence-electron chi connectivity index (χ4n) is 4.83. The number of phenols is 1. The van der Waals surface area contributed by atoms with Gasteiger partial charge < -0.3 is 5.11 Å². The summed E-state index contributed by atoms with van der Waals surface area (Å²) in [5, 5.41) is 15.7. The van der Waals surface area contributed by atoms with Crippen molar-refractivity contribution in [3.8, 4) is 38.7 Å². The Morgan fingerprint density at radius 3 is 2.30 bits per heavy atom. The molecule has 2 aromatic heterocycles. The van der Waals surface area contributed by atoms with Crippen molar-refractivity contribution in [1.29, 1.82) is 0 Å². The van der Waals surface area contributed by atoms with E-state index in [0.29, 0.717) is 0 Å². The smallest absolute Gasteiger partial charge is 0.127 e. The van der Waals surface area contributed by atoms with Crippen LogP contribution >= 0.6 is 11.3 Å². The zero-order valence-corrected chi connectivity index (χ0v) is 22.5. The van der Waals surface area contributed by atoms with Gasteiger partial charge in [-0.3, -0.25) is 4.98 Å². The number of aromatic hydroxyl groups is 1. The van der Waals surface area contributed by atoms with E-state index in [1.165, 1.54) is 0 Å². The van der Waals surface area contributed by atoms with Crippen molar-refractivity contribution in [2.24, 2.45) is 0 Å². The summed E-state index contributed by atoms with van der Waals surface area (Å²) in [7, 11) is 0. The molecule has 0 atom stereocenters. The molecule has 0 radical (unpaired) electrons. The summed E-state index contributed by atoms with van der Waals surface area (Å²) in [6.07, 6.45) is 1.87. The second-order valence-electron chi connectivity index (χ2n) is 8.71. The molecule has 5 aromatic carbocycles. The number of hydrogen-bond acceptors (Lipinski definition) is 4. The molecule has 0 bridgehead atoms. The maximum atomic E-state index is 10.4. The standard InChI is InChI=1S/C32H19N2OS.Pt/c35-28-14-6-5-12-26(28)32-34-31-25(13-7-15-29(31)36-32)22-18-21-9-2-3-10-23(21)27(19-22)30-24-11-4-1-8-20(24)16-17-33-30;/h1-18,35H;/q-1;. The number of pyridine rings is 1. The number of nitrogens with zero attached hydrogens (tertiary/aromatic N) is 2. The Morgan fingerprint density at radius 2 is 1.43 bits per heavy atom. The third-order valence-corrected chi connectivity index (χ3v) is 7.60. The fraction of sp³-hybridized carbons (Fsp3) is 0. The van der Waals surface area contributed by atoms with Gasteiger partial charge in [0.25, 0.3) is 0 Å². The van der Waals surface area contributed by atoms with Gasteiger partial charge in [0.15, 0.2) is 0 Å². The first kappa shape index (κ1) is 23.5. The van der Waals surface area contributed by atoms with Gasteiger partial charge in [0.2, 0.25) is 0 Å². The Balaban J connectivity index is 0.00000252. The van der Waals surface area contributed by atoms with Gasteiger partial charge in [0, 0.05) is 37.7 Å². The van der Waals surface area contributed by atoms with Crippen LogP contribution in [0.15, 0.2) is 109 Å². The average Bonchev–Trinajstić information content (AvgIpc) is 3.37. The van der Waals surface area contributed by atoms with Gasteiger partial charge >= 0.3 is 0 Å². The third kappa shape index (κ3) is 4.03. The molecular formula is C32H19N2OPtS-. The van der Waals surface area contributed by atoms with E-state index >= 15 is 0 Å². The van der Waals surface area contributed by atoms with Gasteiger partial charge in [-0.2, -0.15) is 0 Å². The SMILES string of the molecule is Oc1ccccc1-c1nc2c(-c3[c-]c(-c4nccc5ccccc45)c4ccccc4c3)cccc2s1.[Pt]. The van der Waals surface area contributed by atoms with Crippen LogP contribution in [-0.4, -0.2) is 15.1 Å². The van der Waals surface area contributed by atoms with Gasteiger partial charge in [-0.25, -0.2) is 4.98 Å². The van der Waals surface area contributed by atoms with E-state index in [1.807, 2.05) is 30.5 Å². The predicted octanol–water partition coefficient (Wildman–Crippen LogP) is 8.50. The van der Waals surface area contributed by atoms with Crippen LogP contribution in [0.2, 0.25) is 0 Å². The first-order valence-electron chi connectivity index (χ1n) is 11.7. The van der Waals surface area contributed by atoms with Crippen molar-refractivity contribution >= 4 is 43.1 Å². The molecule has 2 heterocycles. The number of phenolic OH excluding ortho intramolecular Hbond substituents is 1. The molecule has 0 amide bonds. The van der Waals surface area contributed by atoms with Crippen molar-refractivity contribution in [3.63, 3.8) is 0 Å². The number of hydrogen-bond donors (Lipinski definition) is 1. The number of thiazole rings is 1. The maximum absolute atomic E-state index is 10.4. The average molecular weight is 675 g/mol. The van der Waals surface area contributed by atoms with E-state index in [0.717, 1.165) is 64.7 Å². The van der Waals surface area contributed by atoms with E-state index in [-0.39, 0.29) is 26.8 Å². The molecular weight excluding hydrogens is 656 g/mol. The minimum Gasteiger partial charge on any atom is -0.507 e. The summed E-state index contributed by atoms with van der Waals surface area (Å²) >= 11 is 1.58. The molecule has 1 N–H and O–H groups in total. The van der Waals surface area contributed by atoms with Crippen LogP contribution in [0, 0.1) is 6.07 Å². The number of aromatic nitrogens is 2. The summed E-state index contributed by atoms with van der Waals surface area (Å²) < 4.78 is 1.07. The summed E-state index contributed by atoms with van der Waals surface area (Å²) in [4.78, 5) is 9.78. The van der Waals surface area contributed by atoms with Gasteiger partial charge in [-0.15, -0.1) is 29.0 Å². The van der Waals surface area contributed by atoms with Crippen LogP contribution in [0.3, 0.4) is 0 Å². The van der Waals surface area contributed by atoms with Crippen LogP contribution < -0.4 is 0 Å². The zero-order chi connectivity index (χ0) is 24.1. The Bertz CT molecular complexity index is 1920. The molecule has 0 unspecified atom stereocenters. The van der Waals surface area contributed by atoms with Crippen molar-refractivity contribution < 1.29 is 26.2 Å². The van der Waals surface area contributed by atoms with Crippen LogP contribution in [0.4, 0.5) is 0 Å². The zero-order valence-electron chi connectivity index (χ0n) is 19.5. The van der Waals surface area contributed by atoms with Crippen LogP contribution in [-0.2, 0) is 21.1 Å². The maximum Gasteiger partial charge on any atom is 0.127 e. The molecule has 0 aliphatic carbocycles. The summed E-state index contributed by atoms with van der Waals surface area (Å²) in [5.74, 6) is 0.236. The first-order chi connectivity index (χ1) is 17.8. The molecule has 7 rings (SSSR count). The quantitative estimate of drug-likeness (QED) is 0.191. The van der Waals surface area contributed by atoms with E-state index in [9.17, 15) is 5.11 Å². The largest absolute Gasteiger partial charge is 0.507 e. The molecule has 0 spiro atoms. The summed E-state index contributed by atoms with van der Waals surface area (Å²) in [6.45, 7) is 0. The third-order valence-electron chi connectivity index (χ3n) is 6.54. The first-order valence-corrected chi connectivity index (χ1v) is 12.6. The molecule has 180 valence electrons. The normalized spacial score (nSPS) is 11.1. The fourth-order valence-corrected chi connectivity index (χ4v) is 5.86. The van der Waals surface area contributed by atoms with Crippen molar-refractivity contribution in [1.82, 2.24) is 9.97 Å². The van der Waals surface area contributed by atoms with Crippen LogP contribution in [0.25, 0.3) is 64.7 Å². The van der Waals surface area contributed by atoms with E-state index < -0.39 is 0 Å². The Kier molecular flexibility index (Phi) is 6.08. The molecule has 0 saturated carbocycles. The molecule has 0 saturated heterocycles. The molecule has 3 nitrogen and oxygen atoms in total. The van der Waals surface area contributed by atoms with Crippen LogP contribution in [0.1, 0.15) is 0 Å². The van der Waals surface area contributed by atoms with E-state index in [2.05, 4.69) is 78.9 Å². The molecule has 0 aliphatic heterocycles. The van der Waals surface area contributed by atoms with Gasteiger partial charge in [-0.1, -0.05) is 94.7 Å². The summed E-state index contributed by atoms with van der Waals surface area (Å²) in [6, 6.07) is 38.2. The van der Waals surface area contributed by atoms with E-state index in [1.54, 1.807) is 17.4 Å². The van der Waals surface area contributed by atoms with Gasteiger partial charge in [0.1, 0.15) is 10.8 Å². The topological polar surface area (TPSA) is 46.0 Å². The number of fused-ring (bicyclic) bond motifs is 3. The molecule has 7 aromatic rings. The molecule has 0 fully saturated rings. The Hall–Kier alpha value is -3.85. The monoisotopic (exact) mass is 674 g/mol. The number of para-hydroxylation sites is 2. The summed E-state index contributed by atoms with van der Waals surface area (Å²) in [5.41, 5.74) is 5.53. The van der Waals surface area contributed by atoms with Crippen molar-refractivity contribution in [2.45, 2.75) is 0 Å². The Labute approximate surface area is 232 Å². The number of benzene rings is 5. The van der Waals surface area contributed by atoms with E-state index in [4.69, 9.17) is 9.97 Å². The van der Waals surface area contributed by atoms with Crippen molar-refractivity contribution in [2.75, 3.05) is 0 Å². The Morgan fingerprint density at radius 1 is 0.703 bits per heavy atom. The minimum atomic E-state index is 0. The van der Waals surface area contributed by atoms with Gasteiger partial charge in [0.05, 0.1) is 11.1 Å². The minimum absolute atomic E-state index is 0. The second-order valence-corrected chi connectivity index (χ2v) is 9.75. The molecule has 37 heavy (non-hydrogen) atoms.